The van der Waals surface area contributed by atoms with E-state index in [1.165, 1.54) is 6.26 Å². The molecule has 0 radical (unpaired) electrons. The maximum atomic E-state index is 12.6. The molecule has 0 aliphatic carbocycles. The average molecular weight is 457 g/mol. The van der Waals surface area contributed by atoms with Crippen LogP contribution in [0.15, 0.2) is 59.9 Å². The van der Waals surface area contributed by atoms with Crippen molar-refractivity contribution in [1.29, 1.82) is 0 Å². The highest BCUT2D eigenvalue weighted by molar-refractivity contribution is 8.23. The Balaban J connectivity index is 1.27. The average Bonchev–Trinajstić information content (AvgIpc) is 3.23. The number of likely N-dealkylation sites (tertiary alicyclic amines) is 1. The van der Waals surface area contributed by atoms with Gasteiger partial charge in [0.05, 0.1) is 29.6 Å². The highest BCUT2D eigenvalue weighted by Gasteiger charge is 2.25. The van der Waals surface area contributed by atoms with Gasteiger partial charge >= 0.3 is 0 Å². The van der Waals surface area contributed by atoms with Gasteiger partial charge in [-0.05, 0) is 43.0 Å². The molecule has 9 heteroatoms. The first-order valence-corrected chi connectivity index (χ1v) is 12.5. The zero-order valence-electron chi connectivity index (χ0n) is 18.2. The molecule has 1 aromatic carbocycles. The van der Waals surface area contributed by atoms with Crippen LogP contribution >= 0.6 is 10.6 Å². The molecular formula is C23H28N4O4S. The molecule has 3 heterocycles. The van der Waals surface area contributed by atoms with E-state index in [1.807, 2.05) is 34.8 Å². The molecule has 1 aliphatic rings. The summed E-state index contributed by atoms with van der Waals surface area (Å²) in [7, 11) is -0.842. The molecule has 1 fully saturated rings. The summed E-state index contributed by atoms with van der Waals surface area (Å²) in [4.78, 5) is 23.8. The van der Waals surface area contributed by atoms with E-state index in [2.05, 4.69) is 9.97 Å². The van der Waals surface area contributed by atoms with Crippen LogP contribution in [0, 0.1) is 5.92 Å². The number of carbonyl (C=O) groups excluding carboxylic acids is 1. The largest absolute Gasteiger partial charge is 0.476 e. The number of rotatable bonds is 6. The lowest BCUT2D eigenvalue weighted by Gasteiger charge is -2.31. The van der Waals surface area contributed by atoms with Crippen molar-refractivity contribution in [2.75, 3.05) is 26.0 Å². The molecule has 0 atom stereocenters. The molecule has 0 unspecified atom stereocenters. The topological polar surface area (TPSA) is 101 Å². The van der Waals surface area contributed by atoms with Gasteiger partial charge in [0.15, 0.2) is 0 Å². The second kappa shape index (κ2) is 9.32. The van der Waals surface area contributed by atoms with Crippen molar-refractivity contribution in [3.05, 3.63) is 60.7 Å². The normalized spacial score (nSPS) is 15.6. The number of hydrogen-bond donors (Lipinski definition) is 2. The van der Waals surface area contributed by atoms with E-state index in [4.69, 9.17) is 4.74 Å². The second-order valence-electron chi connectivity index (χ2n) is 8.15. The fourth-order valence-corrected chi connectivity index (χ4v) is 4.43. The molecule has 0 bridgehead atoms. The van der Waals surface area contributed by atoms with Crippen LogP contribution in [-0.4, -0.2) is 60.4 Å². The fourth-order valence-electron chi connectivity index (χ4n) is 3.77. The second-order valence-corrected chi connectivity index (χ2v) is 10.3. The molecule has 170 valence electrons. The zero-order chi connectivity index (χ0) is 22.7. The molecular weight excluding hydrogens is 428 g/mol. The quantitative estimate of drug-likeness (QED) is 0.578. The Morgan fingerprint density at radius 2 is 1.84 bits per heavy atom. The Bertz CT molecular complexity index is 1050. The van der Waals surface area contributed by atoms with Crippen LogP contribution < -0.4 is 4.74 Å². The Morgan fingerprint density at radius 1 is 1.12 bits per heavy atom. The number of hydrogen-bond acceptors (Lipinski definition) is 6. The SMILES string of the molecule is Cn1cccc1C(=O)N1CCC(COc2cnc(-c3ccc(S(C)(O)O)cc3)cn2)CC1. The van der Waals surface area contributed by atoms with E-state index in [0.29, 0.717) is 34.7 Å². The molecule has 2 N–H and O–H groups in total. The number of aromatic nitrogens is 3. The van der Waals surface area contributed by atoms with Crippen molar-refractivity contribution in [2.24, 2.45) is 13.0 Å². The van der Waals surface area contributed by atoms with E-state index in [1.54, 1.807) is 36.7 Å². The Labute approximate surface area is 189 Å². The Morgan fingerprint density at radius 3 is 2.41 bits per heavy atom. The molecule has 1 aliphatic heterocycles. The smallest absolute Gasteiger partial charge is 0.270 e. The van der Waals surface area contributed by atoms with Crippen LogP contribution in [0.25, 0.3) is 11.3 Å². The van der Waals surface area contributed by atoms with E-state index in [9.17, 15) is 13.9 Å². The van der Waals surface area contributed by atoms with Crippen LogP contribution in [0.5, 0.6) is 5.88 Å². The molecule has 1 amide bonds. The summed E-state index contributed by atoms with van der Waals surface area (Å²) >= 11 is 0. The van der Waals surface area contributed by atoms with Gasteiger partial charge in [0.1, 0.15) is 5.69 Å². The molecule has 0 spiro atoms. The number of benzene rings is 1. The number of amides is 1. The third-order valence-electron chi connectivity index (χ3n) is 5.76. The van der Waals surface area contributed by atoms with Crippen molar-refractivity contribution in [3.63, 3.8) is 0 Å². The van der Waals surface area contributed by atoms with Crippen LogP contribution in [0.4, 0.5) is 0 Å². The summed E-state index contributed by atoms with van der Waals surface area (Å²) in [6.07, 6.45) is 8.32. The molecule has 1 saturated heterocycles. The predicted octanol–water partition coefficient (Wildman–Crippen LogP) is 4.15. The van der Waals surface area contributed by atoms with Gasteiger partial charge in [0.2, 0.25) is 5.88 Å². The number of ether oxygens (including phenoxy) is 1. The zero-order valence-corrected chi connectivity index (χ0v) is 19.0. The lowest BCUT2D eigenvalue weighted by molar-refractivity contribution is 0.0650. The van der Waals surface area contributed by atoms with E-state index >= 15 is 0 Å². The standard InChI is InChI=1S/C23H28N4O4S/c1-26-11-3-4-21(26)23(28)27-12-9-17(10-13-27)16-31-22-15-24-20(14-25-22)18-5-7-19(8-6-18)32(2,29)30/h3-8,11,14-15,17,29-30H,9-10,12-13,16H2,1-2H3. The van der Waals surface area contributed by atoms with Gasteiger partial charge in [0.25, 0.3) is 5.91 Å². The van der Waals surface area contributed by atoms with Crippen molar-refractivity contribution in [1.82, 2.24) is 19.4 Å². The number of piperidine rings is 1. The minimum Gasteiger partial charge on any atom is -0.476 e. The molecule has 8 nitrogen and oxygen atoms in total. The first-order valence-electron chi connectivity index (χ1n) is 10.5. The first-order chi connectivity index (χ1) is 15.3. The lowest BCUT2D eigenvalue weighted by Crippen LogP contribution is -2.40. The summed E-state index contributed by atoms with van der Waals surface area (Å²) in [6, 6.07) is 10.7. The third kappa shape index (κ3) is 5.12. The summed E-state index contributed by atoms with van der Waals surface area (Å²) in [5.41, 5.74) is 2.24. The number of nitrogens with zero attached hydrogens (tertiary/aromatic N) is 4. The first kappa shape index (κ1) is 22.3. The maximum Gasteiger partial charge on any atom is 0.270 e. The molecule has 32 heavy (non-hydrogen) atoms. The summed E-state index contributed by atoms with van der Waals surface area (Å²) in [5, 5.41) is 0. The van der Waals surface area contributed by atoms with Gasteiger partial charge in [-0.25, -0.2) is 9.97 Å². The van der Waals surface area contributed by atoms with Crippen LogP contribution in [0.1, 0.15) is 23.3 Å². The van der Waals surface area contributed by atoms with Gasteiger partial charge in [0, 0.05) is 38.2 Å². The van der Waals surface area contributed by atoms with Crippen LogP contribution in [0.3, 0.4) is 0 Å². The Kier molecular flexibility index (Phi) is 6.50. The van der Waals surface area contributed by atoms with Gasteiger partial charge in [-0.15, -0.1) is 0 Å². The van der Waals surface area contributed by atoms with Crippen molar-refractivity contribution in [3.8, 4) is 17.1 Å². The summed E-state index contributed by atoms with van der Waals surface area (Å²) < 4.78 is 27.1. The molecule has 4 rings (SSSR count). The van der Waals surface area contributed by atoms with Gasteiger partial charge in [-0.1, -0.05) is 12.1 Å². The van der Waals surface area contributed by atoms with Gasteiger partial charge in [-0.2, -0.15) is 10.6 Å². The maximum absolute atomic E-state index is 12.6. The van der Waals surface area contributed by atoms with Crippen molar-refractivity contribution in [2.45, 2.75) is 17.7 Å². The highest BCUT2D eigenvalue weighted by atomic mass is 32.3. The summed E-state index contributed by atoms with van der Waals surface area (Å²) in [6.45, 7) is 1.99. The fraction of sp³-hybridized carbons (Fsp3) is 0.348. The molecule has 3 aromatic rings. The summed E-state index contributed by atoms with van der Waals surface area (Å²) in [5.74, 6) is 0.918. The van der Waals surface area contributed by atoms with E-state index < -0.39 is 10.6 Å². The highest BCUT2D eigenvalue weighted by Crippen LogP contribution is 2.44. The predicted molar refractivity (Wildman–Crippen MR) is 124 cm³/mol. The molecule has 2 aromatic heterocycles. The van der Waals surface area contributed by atoms with Crippen LogP contribution in [-0.2, 0) is 7.05 Å². The van der Waals surface area contributed by atoms with E-state index in [0.717, 1.165) is 31.5 Å². The van der Waals surface area contributed by atoms with Crippen molar-refractivity contribution < 1.29 is 18.6 Å². The van der Waals surface area contributed by atoms with Gasteiger partial charge < -0.3 is 14.2 Å². The Hall–Kier alpha value is -2.88. The minimum absolute atomic E-state index is 0.0790. The monoisotopic (exact) mass is 456 g/mol. The molecule has 0 saturated carbocycles. The number of carbonyl (C=O) groups is 1. The van der Waals surface area contributed by atoms with Gasteiger partial charge in [-0.3, -0.25) is 13.9 Å². The van der Waals surface area contributed by atoms with Crippen molar-refractivity contribution >= 4 is 16.5 Å². The lowest BCUT2D eigenvalue weighted by atomic mass is 9.97. The third-order valence-corrected chi connectivity index (χ3v) is 6.92. The number of aryl methyl sites for hydroxylation is 1. The van der Waals surface area contributed by atoms with Crippen LogP contribution in [0.2, 0.25) is 0 Å². The van der Waals surface area contributed by atoms with E-state index in [-0.39, 0.29) is 5.91 Å². The minimum atomic E-state index is -2.73.